The number of piperidine rings is 1. The van der Waals surface area contributed by atoms with Crippen molar-refractivity contribution < 1.29 is 18.7 Å². The zero-order valence-corrected chi connectivity index (χ0v) is 17.9. The Balaban J connectivity index is 1.62. The molecule has 0 saturated carbocycles. The lowest BCUT2D eigenvalue weighted by Crippen LogP contribution is -2.45. The Morgan fingerprint density at radius 3 is 2.71 bits per heavy atom. The minimum Gasteiger partial charge on any atom is -0.446 e. The van der Waals surface area contributed by atoms with Gasteiger partial charge in [-0.2, -0.15) is 15.0 Å². The molecule has 1 aliphatic heterocycles. The lowest BCUT2D eigenvalue weighted by atomic mass is 9.97. The Morgan fingerprint density at radius 1 is 1.29 bits per heavy atom. The zero-order chi connectivity index (χ0) is 22.2. The Bertz CT molecular complexity index is 1070. The maximum absolute atomic E-state index is 13.9. The molecule has 4 rings (SSSR count). The molecule has 1 aliphatic rings. The number of halogens is 1. The maximum atomic E-state index is 13.9. The largest absolute Gasteiger partial charge is 0.446 e. The number of rotatable bonds is 5. The number of aliphatic hydroxyl groups is 1. The van der Waals surface area contributed by atoms with Crippen LogP contribution in [0.5, 0.6) is 0 Å². The highest BCUT2D eigenvalue weighted by atomic mass is 19.1. The molecule has 0 bridgehead atoms. The van der Waals surface area contributed by atoms with Gasteiger partial charge >= 0.3 is 0 Å². The number of benzene rings is 1. The molecule has 0 spiro atoms. The first-order valence-electron chi connectivity index (χ1n) is 10.4. The van der Waals surface area contributed by atoms with Gasteiger partial charge in [-0.15, -0.1) is 0 Å². The van der Waals surface area contributed by atoms with E-state index in [2.05, 4.69) is 15.2 Å². The molecule has 0 radical (unpaired) electrons. The number of amides is 1. The molecule has 1 amide bonds. The predicted octanol–water partition coefficient (Wildman–Crippen LogP) is 3.17. The van der Waals surface area contributed by atoms with Crippen LogP contribution in [0.25, 0.3) is 5.69 Å². The van der Waals surface area contributed by atoms with Crippen LogP contribution in [0.15, 0.2) is 35.0 Å². The van der Waals surface area contributed by atoms with E-state index in [0.29, 0.717) is 41.6 Å². The maximum Gasteiger partial charge on any atom is 0.256 e. The summed E-state index contributed by atoms with van der Waals surface area (Å²) in [5.74, 6) is 0.394. The summed E-state index contributed by atoms with van der Waals surface area (Å²) < 4.78 is 19.7. The SMILES string of the molecule is Cc1oc(CC2CCCCN2C(=O)c2ccc(F)cc2-n2nccn2)nc1C(C)(C)O. The first-order chi connectivity index (χ1) is 14.7. The number of likely N-dealkylation sites (tertiary alicyclic amines) is 1. The molecule has 3 heterocycles. The van der Waals surface area contributed by atoms with Gasteiger partial charge in [0.2, 0.25) is 0 Å². The van der Waals surface area contributed by atoms with Crippen LogP contribution in [-0.4, -0.2) is 48.5 Å². The average Bonchev–Trinajstić information content (AvgIpc) is 3.37. The molecule has 31 heavy (non-hydrogen) atoms. The number of carbonyl (C=O) groups is 1. The third-order valence-corrected chi connectivity index (χ3v) is 5.54. The summed E-state index contributed by atoms with van der Waals surface area (Å²) in [7, 11) is 0. The van der Waals surface area contributed by atoms with E-state index in [1.165, 1.54) is 35.4 Å². The number of oxazole rings is 1. The van der Waals surface area contributed by atoms with Crippen molar-refractivity contribution in [1.82, 2.24) is 24.9 Å². The average molecular weight is 427 g/mol. The van der Waals surface area contributed by atoms with Crippen molar-refractivity contribution in [3.8, 4) is 5.69 Å². The minimum atomic E-state index is -1.10. The number of carbonyl (C=O) groups excluding carboxylic acids is 1. The zero-order valence-electron chi connectivity index (χ0n) is 17.9. The van der Waals surface area contributed by atoms with E-state index in [1.54, 1.807) is 25.7 Å². The van der Waals surface area contributed by atoms with Crippen molar-refractivity contribution >= 4 is 5.91 Å². The molecule has 8 nitrogen and oxygen atoms in total. The Kier molecular flexibility index (Phi) is 5.62. The third-order valence-electron chi connectivity index (χ3n) is 5.54. The van der Waals surface area contributed by atoms with Crippen LogP contribution >= 0.6 is 0 Å². The topological polar surface area (TPSA) is 97.3 Å². The van der Waals surface area contributed by atoms with E-state index in [0.717, 1.165) is 19.3 Å². The quantitative estimate of drug-likeness (QED) is 0.672. The van der Waals surface area contributed by atoms with Crippen molar-refractivity contribution in [2.45, 2.75) is 58.1 Å². The van der Waals surface area contributed by atoms with Gasteiger partial charge in [0.05, 0.1) is 18.0 Å². The monoisotopic (exact) mass is 427 g/mol. The molecular weight excluding hydrogens is 401 g/mol. The summed E-state index contributed by atoms with van der Waals surface area (Å²) in [5, 5.41) is 18.4. The highest BCUT2D eigenvalue weighted by molar-refractivity contribution is 5.98. The summed E-state index contributed by atoms with van der Waals surface area (Å²) in [4.78, 5) is 21.0. The standard InChI is InChI=1S/C22H26FN5O3/c1-14-20(22(2,3)30)26-19(31-14)13-16-6-4-5-11-27(16)21(29)17-8-7-15(23)12-18(17)28-24-9-10-25-28/h7-10,12,16,30H,4-6,11,13H2,1-3H3. The van der Waals surface area contributed by atoms with Crippen LogP contribution in [-0.2, 0) is 12.0 Å². The van der Waals surface area contributed by atoms with Gasteiger partial charge in [0.1, 0.15) is 28.6 Å². The van der Waals surface area contributed by atoms with Crippen molar-refractivity contribution in [3.63, 3.8) is 0 Å². The third kappa shape index (κ3) is 4.36. The molecule has 2 aromatic heterocycles. The lowest BCUT2D eigenvalue weighted by molar-refractivity contribution is 0.0603. The normalized spacial score (nSPS) is 17.2. The summed E-state index contributed by atoms with van der Waals surface area (Å²) in [5.41, 5.74) is 0.0378. The Morgan fingerprint density at radius 2 is 2.03 bits per heavy atom. The summed E-state index contributed by atoms with van der Waals surface area (Å²) >= 11 is 0. The van der Waals surface area contributed by atoms with Crippen LogP contribution in [0.1, 0.15) is 60.8 Å². The second kappa shape index (κ2) is 8.22. The van der Waals surface area contributed by atoms with Gasteiger partial charge in [-0.1, -0.05) is 0 Å². The first kappa shape index (κ1) is 21.2. The molecule has 1 atom stereocenters. The second-order valence-electron chi connectivity index (χ2n) is 8.40. The van der Waals surface area contributed by atoms with Crippen LogP contribution in [0.4, 0.5) is 4.39 Å². The molecule has 9 heteroatoms. The van der Waals surface area contributed by atoms with Gasteiger partial charge in [-0.05, 0) is 52.2 Å². The van der Waals surface area contributed by atoms with Crippen molar-refractivity contribution in [2.24, 2.45) is 0 Å². The number of aromatic nitrogens is 4. The molecule has 1 aromatic carbocycles. The van der Waals surface area contributed by atoms with E-state index in [1.807, 2.05) is 0 Å². The van der Waals surface area contributed by atoms with Crippen molar-refractivity contribution in [2.75, 3.05) is 6.54 Å². The van der Waals surface area contributed by atoms with Crippen molar-refractivity contribution in [1.29, 1.82) is 0 Å². The van der Waals surface area contributed by atoms with Gasteiger partial charge in [-0.25, -0.2) is 9.37 Å². The van der Waals surface area contributed by atoms with Crippen LogP contribution in [0, 0.1) is 12.7 Å². The van der Waals surface area contributed by atoms with Gasteiger partial charge in [0, 0.05) is 25.1 Å². The molecule has 1 N–H and O–H groups in total. The minimum absolute atomic E-state index is 0.113. The second-order valence-corrected chi connectivity index (χ2v) is 8.40. The molecule has 1 fully saturated rings. The highest BCUT2D eigenvalue weighted by Crippen LogP contribution is 2.28. The fourth-order valence-corrected chi connectivity index (χ4v) is 4.13. The summed E-state index contributed by atoms with van der Waals surface area (Å²) in [6.45, 7) is 5.69. The number of hydrogen-bond donors (Lipinski definition) is 1. The van der Waals surface area contributed by atoms with Gasteiger partial charge in [-0.3, -0.25) is 4.79 Å². The fraction of sp³-hybridized carbons (Fsp3) is 0.455. The smallest absolute Gasteiger partial charge is 0.256 e. The molecule has 3 aromatic rings. The van der Waals surface area contributed by atoms with E-state index in [4.69, 9.17) is 4.42 Å². The van der Waals surface area contributed by atoms with Gasteiger partial charge in [0.15, 0.2) is 5.89 Å². The molecular formula is C22H26FN5O3. The molecule has 1 unspecified atom stereocenters. The molecule has 0 aliphatic carbocycles. The van der Waals surface area contributed by atoms with Crippen molar-refractivity contribution in [3.05, 3.63) is 59.3 Å². The van der Waals surface area contributed by atoms with Crippen LogP contribution in [0.2, 0.25) is 0 Å². The number of nitrogens with zero attached hydrogens (tertiary/aromatic N) is 5. The van der Waals surface area contributed by atoms with E-state index in [-0.39, 0.29) is 11.9 Å². The first-order valence-corrected chi connectivity index (χ1v) is 10.4. The predicted molar refractivity (Wildman–Crippen MR) is 110 cm³/mol. The van der Waals surface area contributed by atoms with Crippen LogP contribution in [0.3, 0.4) is 0 Å². The Hall–Kier alpha value is -3.07. The summed E-state index contributed by atoms with van der Waals surface area (Å²) in [6.07, 6.45) is 6.09. The summed E-state index contributed by atoms with van der Waals surface area (Å²) in [6, 6.07) is 3.90. The number of aryl methyl sites for hydroxylation is 1. The highest BCUT2D eigenvalue weighted by Gasteiger charge is 2.32. The van der Waals surface area contributed by atoms with E-state index in [9.17, 15) is 14.3 Å². The van der Waals surface area contributed by atoms with Gasteiger partial charge in [0.25, 0.3) is 5.91 Å². The van der Waals surface area contributed by atoms with E-state index < -0.39 is 11.4 Å². The lowest BCUT2D eigenvalue weighted by Gasteiger charge is -2.35. The van der Waals surface area contributed by atoms with Crippen LogP contribution < -0.4 is 0 Å². The molecule has 1 saturated heterocycles. The molecule has 164 valence electrons. The fourth-order valence-electron chi connectivity index (χ4n) is 4.13. The Labute approximate surface area is 179 Å². The van der Waals surface area contributed by atoms with Gasteiger partial charge < -0.3 is 14.4 Å². The number of hydrogen-bond acceptors (Lipinski definition) is 6. The van der Waals surface area contributed by atoms with E-state index >= 15 is 0 Å².